The van der Waals surface area contributed by atoms with Gasteiger partial charge in [0.2, 0.25) is 5.91 Å². The first-order valence-electron chi connectivity index (χ1n) is 5.80. The number of hydrogen-bond donors (Lipinski definition) is 1. The Bertz CT molecular complexity index is 593. The number of nitrogens with one attached hydrogen (secondary N) is 1. The summed E-state index contributed by atoms with van der Waals surface area (Å²) in [7, 11) is 0. The molecule has 0 unspecified atom stereocenters. The average molecular weight is 312 g/mol. The summed E-state index contributed by atoms with van der Waals surface area (Å²) in [6.45, 7) is 0.256. The standard InChI is InChI=1S/C13H11Cl2N3O2/c14-11-12(15)16-8-17-13(11)18-10(19)6-7-20-9-4-2-1-3-5-9/h1-5,8H,6-7H2,(H,16,17,18,19). The van der Waals surface area contributed by atoms with Gasteiger partial charge in [0, 0.05) is 0 Å². The first-order valence-corrected chi connectivity index (χ1v) is 6.56. The van der Waals surface area contributed by atoms with Gasteiger partial charge in [-0.1, -0.05) is 41.4 Å². The fourth-order valence-corrected chi connectivity index (χ4v) is 1.69. The molecule has 5 nitrogen and oxygen atoms in total. The molecule has 20 heavy (non-hydrogen) atoms. The molecule has 0 aliphatic heterocycles. The minimum absolute atomic E-state index is 0.0949. The molecule has 0 radical (unpaired) electrons. The topological polar surface area (TPSA) is 64.1 Å². The largest absolute Gasteiger partial charge is 0.493 e. The molecule has 0 saturated carbocycles. The van der Waals surface area contributed by atoms with Gasteiger partial charge in [-0.2, -0.15) is 0 Å². The highest BCUT2D eigenvalue weighted by atomic mass is 35.5. The first-order chi connectivity index (χ1) is 9.66. The normalized spacial score (nSPS) is 10.1. The number of rotatable bonds is 5. The molecule has 0 spiro atoms. The Kier molecular flexibility index (Phi) is 5.15. The number of para-hydroxylation sites is 1. The molecule has 0 fully saturated rings. The summed E-state index contributed by atoms with van der Waals surface area (Å²) in [4.78, 5) is 19.3. The van der Waals surface area contributed by atoms with Gasteiger partial charge >= 0.3 is 0 Å². The van der Waals surface area contributed by atoms with E-state index in [0.29, 0.717) is 5.75 Å². The zero-order valence-corrected chi connectivity index (χ0v) is 11.9. The van der Waals surface area contributed by atoms with Crippen molar-refractivity contribution in [2.45, 2.75) is 6.42 Å². The highest BCUT2D eigenvalue weighted by molar-refractivity contribution is 6.42. The van der Waals surface area contributed by atoms with Gasteiger partial charge in [-0.05, 0) is 12.1 Å². The number of anilines is 1. The number of carbonyl (C=O) groups excluding carboxylic acids is 1. The molecular formula is C13H11Cl2N3O2. The molecule has 0 bridgehead atoms. The summed E-state index contributed by atoms with van der Waals surface area (Å²) in [5, 5.41) is 2.76. The molecule has 1 aromatic heterocycles. The van der Waals surface area contributed by atoms with Crippen molar-refractivity contribution in [3.05, 3.63) is 46.8 Å². The van der Waals surface area contributed by atoms with E-state index in [1.807, 2.05) is 30.3 Å². The van der Waals surface area contributed by atoms with E-state index in [9.17, 15) is 4.79 Å². The van der Waals surface area contributed by atoms with Crippen LogP contribution < -0.4 is 10.1 Å². The molecule has 2 aromatic rings. The van der Waals surface area contributed by atoms with E-state index in [1.54, 1.807) is 0 Å². The van der Waals surface area contributed by atoms with Crippen molar-refractivity contribution in [3.8, 4) is 5.75 Å². The van der Waals surface area contributed by atoms with Crippen LogP contribution in [0.3, 0.4) is 0 Å². The third-order valence-corrected chi connectivity index (χ3v) is 3.09. The summed E-state index contributed by atoms with van der Waals surface area (Å²) in [5.74, 6) is 0.636. The van der Waals surface area contributed by atoms with Crippen LogP contribution in [0.2, 0.25) is 10.2 Å². The Morgan fingerprint density at radius 1 is 1.20 bits per heavy atom. The molecule has 1 N–H and O–H groups in total. The molecule has 1 amide bonds. The van der Waals surface area contributed by atoms with Gasteiger partial charge < -0.3 is 10.1 Å². The Morgan fingerprint density at radius 3 is 2.70 bits per heavy atom. The lowest BCUT2D eigenvalue weighted by atomic mass is 10.3. The van der Waals surface area contributed by atoms with Crippen LogP contribution in [0.25, 0.3) is 0 Å². The highest BCUT2D eigenvalue weighted by Gasteiger charge is 2.10. The predicted octanol–water partition coefficient (Wildman–Crippen LogP) is 3.19. The predicted molar refractivity (Wildman–Crippen MR) is 77.2 cm³/mol. The van der Waals surface area contributed by atoms with E-state index < -0.39 is 0 Å². The summed E-state index contributed by atoms with van der Waals surface area (Å²) < 4.78 is 5.42. The number of halogens is 2. The molecule has 7 heteroatoms. The highest BCUT2D eigenvalue weighted by Crippen LogP contribution is 2.25. The zero-order chi connectivity index (χ0) is 14.4. The quantitative estimate of drug-likeness (QED) is 0.861. The Hall–Kier alpha value is -1.85. The number of nitrogens with zero attached hydrogens (tertiary/aromatic N) is 2. The van der Waals surface area contributed by atoms with E-state index in [-0.39, 0.29) is 34.9 Å². The third kappa shape index (κ3) is 4.08. The second-order valence-corrected chi connectivity index (χ2v) is 4.52. The maximum absolute atomic E-state index is 11.7. The third-order valence-electron chi connectivity index (χ3n) is 2.35. The summed E-state index contributed by atoms with van der Waals surface area (Å²) in [6, 6.07) is 9.24. The van der Waals surface area contributed by atoms with Crippen LogP contribution in [0, 0.1) is 0 Å². The van der Waals surface area contributed by atoms with E-state index >= 15 is 0 Å². The fourth-order valence-electron chi connectivity index (χ4n) is 1.41. The maximum atomic E-state index is 11.7. The van der Waals surface area contributed by atoms with Gasteiger partial charge in [0.15, 0.2) is 11.0 Å². The lowest BCUT2D eigenvalue weighted by Gasteiger charge is -2.07. The number of benzene rings is 1. The van der Waals surface area contributed by atoms with Crippen LogP contribution in [-0.2, 0) is 4.79 Å². The fraction of sp³-hybridized carbons (Fsp3) is 0.154. The molecule has 0 atom stereocenters. The SMILES string of the molecule is O=C(CCOc1ccccc1)Nc1ncnc(Cl)c1Cl. The van der Waals surface area contributed by atoms with Crippen molar-refractivity contribution in [2.75, 3.05) is 11.9 Å². The van der Waals surface area contributed by atoms with Crippen LogP contribution in [0.5, 0.6) is 5.75 Å². The minimum atomic E-state index is -0.266. The van der Waals surface area contributed by atoms with Gasteiger partial charge in [0.1, 0.15) is 17.1 Å². The Labute approximate surface area is 125 Å². The Balaban J connectivity index is 1.82. The molecule has 0 aliphatic carbocycles. The van der Waals surface area contributed by atoms with E-state index in [2.05, 4.69) is 15.3 Å². The maximum Gasteiger partial charge on any atom is 0.228 e. The molecule has 1 heterocycles. The first kappa shape index (κ1) is 14.6. The molecule has 0 saturated heterocycles. The molecule has 0 aliphatic rings. The zero-order valence-electron chi connectivity index (χ0n) is 10.3. The number of carbonyl (C=O) groups is 1. The number of aromatic nitrogens is 2. The van der Waals surface area contributed by atoms with Gasteiger partial charge in [0.05, 0.1) is 13.0 Å². The van der Waals surface area contributed by atoms with Crippen LogP contribution in [0.1, 0.15) is 6.42 Å². The van der Waals surface area contributed by atoms with Crippen molar-refractivity contribution in [1.29, 1.82) is 0 Å². The second kappa shape index (κ2) is 7.07. The van der Waals surface area contributed by atoms with Crippen molar-refractivity contribution < 1.29 is 9.53 Å². The van der Waals surface area contributed by atoms with Crippen LogP contribution in [-0.4, -0.2) is 22.5 Å². The number of ether oxygens (including phenoxy) is 1. The smallest absolute Gasteiger partial charge is 0.228 e. The van der Waals surface area contributed by atoms with Crippen molar-refractivity contribution >= 4 is 34.9 Å². The summed E-state index contributed by atoms with van der Waals surface area (Å²) in [6.07, 6.45) is 1.40. The summed E-state index contributed by atoms with van der Waals surface area (Å²) >= 11 is 11.6. The Morgan fingerprint density at radius 2 is 1.95 bits per heavy atom. The minimum Gasteiger partial charge on any atom is -0.493 e. The molecule has 2 rings (SSSR count). The van der Waals surface area contributed by atoms with Crippen molar-refractivity contribution in [3.63, 3.8) is 0 Å². The van der Waals surface area contributed by atoms with Crippen LogP contribution >= 0.6 is 23.2 Å². The lowest BCUT2D eigenvalue weighted by Crippen LogP contribution is -2.16. The van der Waals surface area contributed by atoms with Gasteiger partial charge in [0.25, 0.3) is 0 Å². The van der Waals surface area contributed by atoms with Crippen molar-refractivity contribution in [1.82, 2.24) is 9.97 Å². The van der Waals surface area contributed by atoms with Gasteiger partial charge in [-0.25, -0.2) is 9.97 Å². The van der Waals surface area contributed by atoms with Gasteiger partial charge in [-0.15, -0.1) is 0 Å². The monoisotopic (exact) mass is 311 g/mol. The number of hydrogen-bond acceptors (Lipinski definition) is 4. The van der Waals surface area contributed by atoms with E-state index in [1.165, 1.54) is 6.33 Å². The average Bonchev–Trinajstić information content (AvgIpc) is 2.45. The number of amides is 1. The van der Waals surface area contributed by atoms with Crippen LogP contribution in [0.15, 0.2) is 36.7 Å². The van der Waals surface area contributed by atoms with E-state index in [0.717, 1.165) is 0 Å². The van der Waals surface area contributed by atoms with Crippen LogP contribution in [0.4, 0.5) is 5.82 Å². The second-order valence-electron chi connectivity index (χ2n) is 3.79. The molecule has 1 aromatic carbocycles. The molecular weight excluding hydrogens is 301 g/mol. The van der Waals surface area contributed by atoms with Gasteiger partial charge in [-0.3, -0.25) is 4.79 Å². The van der Waals surface area contributed by atoms with E-state index in [4.69, 9.17) is 27.9 Å². The molecule has 104 valence electrons. The lowest BCUT2D eigenvalue weighted by molar-refractivity contribution is -0.116. The van der Waals surface area contributed by atoms with Crippen molar-refractivity contribution in [2.24, 2.45) is 0 Å². The summed E-state index contributed by atoms with van der Waals surface area (Å²) in [5.41, 5.74) is 0.